The van der Waals surface area contributed by atoms with Crippen LogP contribution in [-0.2, 0) is 15.5 Å². The summed E-state index contributed by atoms with van der Waals surface area (Å²) in [6.07, 6.45) is 0. The molecule has 136 valence electrons. The first kappa shape index (κ1) is 18.5. The summed E-state index contributed by atoms with van der Waals surface area (Å²) >= 11 is 6.07. The van der Waals surface area contributed by atoms with Gasteiger partial charge in [-0.25, -0.2) is 0 Å². The molecule has 0 amide bonds. The number of rotatable bonds is 4. The van der Waals surface area contributed by atoms with E-state index in [9.17, 15) is 8.42 Å². The van der Waals surface area contributed by atoms with Gasteiger partial charge in [0.1, 0.15) is 4.90 Å². The van der Waals surface area contributed by atoms with Crippen LogP contribution in [0.15, 0.2) is 65.6 Å². The summed E-state index contributed by atoms with van der Waals surface area (Å²) in [5, 5.41) is 5.06. The lowest BCUT2D eigenvalue weighted by molar-refractivity contribution is 0.464. The van der Waals surface area contributed by atoms with Gasteiger partial charge in [0.05, 0.1) is 11.4 Å². The van der Waals surface area contributed by atoms with Crippen LogP contribution in [0, 0.1) is 0 Å². The van der Waals surface area contributed by atoms with E-state index in [0.29, 0.717) is 16.4 Å². The van der Waals surface area contributed by atoms with Gasteiger partial charge in [-0.3, -0.25) is 0 Å². The molecule has 2 aromatic carbocycles. The number of halogens is 1. The van der Waals surface area contributed by atoms with Crippen molar-refractivity contribution >= 4 is 21.7 Å². The van der Waals surface area contributed by atoms with Gasteiger partial charge in [-0.2, -0.15) is 18.2 Å². The monoisotopic (exact) mass is 390 g/mol. The van der Waals surface area contributed by atoms with Crippen LogP contribution in [0.2, 0.25) is 5.02 Å². The summed E-state index contributed by atoms with van der Waals surface area (Å²) in [7, 11) is -3.98. The fourth-order valence-electron chi connectivity index (χ4n) is 2.33. The summed E-state index contributed by atoms with van der Waals surface area (Å²) in [5.74, 6) is 0.112. The Kier molecular flexibility index (Phi) is 4.82. The molecule has 3 aromatic rings. The second-order valence-corrected chi connectivity index (χ2v) is 8.84. The molecule has 0 N–H and O–H groups in total. The van der Waals surface area contributed by atoms with E-state index in [2.05, 4.69) is 5.10 Å². The van der Waals surface area contributed by atoms with Gasteiger partial charge in [-0.05, 0) is 30.3 Å². The van der Waals surface area contributed by atoms with Crippen LogP contribution in [0.4, 0.5) is 0 Å². The number of nitrogens with zero attached hydrogens (tertiary/aromatic N) is 2. The fourth-order valence-corrected chi connectivity index (χ4v) is 3.45. The molecule has 0 radical (unpaired) electrons. The minimum absolute atomic E-state index is 0.0798. The third-order valence-electron chi connectivity index (χ3n) is 3.72. The lowest BCUT2D eigenvalue weighted by Gasteiger charge is -2.13. The molecule has 0 unspecified atom stereocenters. The molecule has 7 heteroatoms. The van der Waals surface area contributed by atoms with Gasteiger partial charge in [0, 0.05) is 16.5 Å². The molecule has 0 aliphatic carbocycles. The van der Waals surface area contributed by atoms with Gasteiger partial charge in [0.2, 0.25) is 5.88 Å². The van der Waals surface area contributed by atoms with Gasteiger partial charge in [-0.15, -0.1) is 0 Å². The molecule has 5 nitrogen and oxygen atoms in total. The second kappa shape index (κ2) is 6.78. The summed E-state index contributed by atoms with van der Waals surface area (Å²) in [6, 6.07) is 16.6. The Morgan fingerprint density at radius 2 is 1.69 bits per heavy atom. The Labute approximate surface area is 158 Å². The second-order valence-electron chi connectivity index (χ2n) is 6.86. The minimum Gasteiger partial charge on any atom is -0.358 e. The Bertz CT molecular complexity index is 1020. The van der Waals surface area contributed by atoms with Crippen molar-refractivity contribution in [1.82, 2.24) is 9.78 Å². The molecule has 0 aliphatic heterocycles. The zero-order chi connectivity index (χ0) is 18.9. The zero-order valence-corrected chi connectivity index (χ0v) is 16.3. The molecule has 0 spiro atoms. The van der Waals surface area contributed by atoms with Crippen molar-refractivity contribution < 1.29 is 12.6 Å². The highest BCUT2D eigenvalue weighted by atomic mass is 35.5. The smallest absolute Gasteiger partial charge is 0.340 e. The molecule has 26 heavy (non-hydrogen) atoms. The summed E-state index contributed by atoms with van der Waals surface area (Å²) in [5.41, 5.74) is 1.04. The van der Waals surface area contributed by atoms with Crippen LogP contribution < -0.4 is 4.18 Å². The SMILES string of the molecule is CC(C)(C)c1cc(OS(=O)(=O)c2ccccc2)n(-c2cccc(Cl)c2)n1. The lowest BCUT2D eigenvalue weighted by Crippen LogP contribution is -2.13. The van der Waals surface area contributed by atoms with Gasteiger partial charge in [-0.1, -0.05) is 56.6 Å². The van der Waals surface area contributed by atoms with E-state index in [1.165, 1.54) is 16.8 Å². The first-order valence-electron chi connectivity index (χ1n) is 8.03. The van der Waals surface area contributed by atoms with E-state index in [1.54, 1.807) is 48.5 Å². The van der Waals surface area contributed by atoms with Crippen LogP contribution in [-0.4, -0.2) is 18.2 Å². The molecule has 1 heterocycles. The fraction of sp³-hybridized carbons (Fsp3) is 0.211. The average Bonchev–Trinajstić information content (AvgIpc) is 2.99. The molecule has 0 saturated carbocycles. The van der Waals surface area contributed by atoms with Crippen molar-refractivity contribution in [3.63, 3.8) is 0 Å². The molecule has 0 fully saturated rings. The average molecular weight is 391 g/mol. The Hall–Kier alpha value is -2.31. The topological polar surface area (TPSA) is 61.2 Å². The minimum atomic E-state index is -3.98. The van der Waals surface area contributed by atoms with Crippen molar-refractivity contribution in [3.8, 4) is 11.6 Å². The van der Waals surface area contributed by atoms with Gasteiger partial charge >= 0.3 is 10.1 Å². The molecular weight excluding hydrogens is 372 g/mol. The van der Waals surface area contributed by atoms with Gasteiger partial charge in [0.25, 0.3) is 0 Å². The highest BCUT2D eigenvalue weighted by Crippen LogP contribution is 2.30. The molecule has 0 aliphatic rings. The largest absolute Gasteiger partial charge is 0.358 e. The molecule has 0 saturated heterocycles. The van der Waals surface area contributed by atoms with E-state index in [0.717, 1.165) is 0 Å². The lowest BCUT2D eigenvalue weighted by atomic mass is 9.93. The van der Waals surface area contributed by atoms with Crippen LogP contribution in [0.3, 0.4) is 0 Å². The molecular formula is C19H19ClN2O3S. The Morgan fingerprint density at radius 3 is 2.31 bits per heavy atom. The standard InChI is InChI=1S/C19H19ClN2O3S/c1-19(2,3)17-13-18(22(21-17)15-9-7-8-14(20)12-15)25-26(23,24)16-10-5-4-6-11-16/h4-13H,1-3H3. The molecule has 3 rings (SSSR count). The maximum Gasteiger partial charge on any atom is 0.340 e. The van der Waals surface area contributed by atoms with E-state index in [4.69, 9.17) is 15.8 Å². The predicted octanol–water partition coefficient (Wildman–Crippen LogP) is 4.59. The third kappa shape index (κ3) is 3.92. The van der Waals surface area contributed by atoms with Crippen molar-refractivity contribution in [2.75, 3.05) is 0 Å². The summed E-state index contributed by atoms with van der Waals surface area (Å²) < 4.78 is 32.1. The van der Waals surface area contributed by atoms with Crippen molar-refractivity contribution in [1.29, 1.82) is 0 Å². The Balaban J connectivity index is 2.10. The van der Waals surface area contributed by atoms with E-state index >= 15 is 0 Å². The van der Waals surface area contributed by atoms with Gasteiger partial charge in [0.15, 0.2) is 0 Å². The predicted molar refractivity (Wildman–Crippen MR) is 102 cm³/mol. The van der Waals surface area contributed by atoms with E-state index in [-0.39, 0.29) is 16.2 Å². The van der Waals surface area contributed by atoms with Crippen molar-refractivity contribution in [2.45, 2.75) is 31.1 Å². The van der Waals surface area contributed by atoms with Gasteiger partial charge < -0.3 is 4.18 Å². The van der Waals surface area contributed by atoms with E-state index in [1.807, 2.05) is 20.8 Å². The Morgan fingerprint density at radius 1 is 1.00 bits per heavy atom. The summed E-state index contributed by atoms with van der Waals surface area (Å²) in [6.45, 7) is 5.98. The van der Waals surface area contributed by atoms with Crippen LogP contribution in [0.25, 0.3) is 5.69 Å². The van der Waals surface area contributed by atoms with Crippen molar-refractivity contribution in [3.05, 3.63) is 71.4 Å². The van der Waals surface area contributed by atoms with Crippen molar-refractivity contribution in [2.24, 2.45) is 0 Å². The van der Waals surface area contributed by atoms with Crippen LogP contribution in [0.1, 0.15) is 26.5 Å². The maximum absolute atomic E-state index is 12.6. The summed E-state index contributed by atoms with van der Waals surface area (Å²) in [4.78, 5) is 0.0798. The maximum atomic E-state index is 12.6. The van der Waals surface area contributed by atoms with E-state index < -0.39 is 10.1 Å². The van der Waals surface area contributed by atoms with Crippen LogP contribution in [0.5, 0.6) is 5.88 Å². The first-order chi connectivity index (χ1) is 12.2. The quantitative estimate of drug-likeness (QED) is 0.611. The third-order valence-corrected chi connectivity index (χ3v) is 5.20. The molecule has 1 aromatic heterocycles. The normalized spacial score (nSPS) is 12.2. The number of hydrogen-bond acceptors (Lipinski definition) is 4. The zero-order valence-electron chi connectivity index (χ0n) is 14.7. The molecule has 0 atom stereocenters. The highest BCUT2D eigenvalue weighted by Gasteiger charge is 2.25. The molecule has 0 bridgehead atoms. The first-order valence-corrected chi connectivity index (χ1v) is 9.81. The number of benzene rings is 2. The number of hydrogen-bond donors (Lipinski definition) is 0. The van der Waals surface area contributed by atoms with Crippen LogP contribution >= 0.6 is 11.6 Å². The highest BCUT2D eigenvalue weighted by molar-refractivity contribution is 7.87. The number of aromatic nitrogens is 2.